The number of esters is 2. The summed E-state index contributed by atoms with van der Waals surface area (Å²) in [6.07, 6.45) is 1.97. The van der Waals surface area contributed by atoms with Gasteiger partial charge in [-0.15, -0.1) is 0 Å². The Hall–Kier alpha value is -1.58. The van der Waals surface area contributed by atoms with Crippen LogP contribution in [0.4, 0.5) is 0 Å². The molecule has 0 saturated heterocycles. The molecule has 0 fully saturated rings. The predicted molar refractivity (Wildman–Crippen MR) is 39.2 cm³/mol. The van der Waals surface area contributed by atoms with Gasteiger partial charge in [-0.1, -0.05) is 6.58 Å². The Labute approximate surface area is 64.3 Å². The van der Waals surface area contributed by atoms with Crippen LogP contribution in [0.2, 0.25) is 0 Å². The molecule has 0 rings (SSSR count). The Morgan fingerprint density at radius 2 is 2.09 bits per heavy atom. The smallest absolute Gasteiger partial charge is 0.343 e. The predicted octanol–water partition coefficient (Wildman–Crippen LogP) is 0.105. The van der Waals surface area contributed by atoms with Gasteiger partial charge < -0.3 is 10.5 Å². The van der Waals surface area contributed by atoms with Gasteiger partial charge >= 0.3 is 11.9 Å². The highest BCUT2D eigenvalue weighted by Crippen LogP contribution is 1.94. The lowest BCUT2D eigenvalue weighted by molar-refractivity contribution is -0.153. The summed E-state index contributed by atoms with van der Waals surface area (Å²) in [6.45, 7) is 4.56. The molecule has 0 saturated carbocycles. The summed E-state index contributed by atoms with van der Waals surface area (Å²) in [5.41, 5.74) is 5.17. The zero-order chi connectivity index (χ0) is 8.85. The van der Waals surface area contributed by atoms with Gasteiger partial charge in [-0.05, 0) is 6.92 Å². The summed E-state index contributed by atoms with van der Waals surface area (Å²) >= 11 is 0. The van der Waals surface area contributed by atoms with E-state index in [9.17, 15) is 9.59 Å². The van der Waals surface area contributed by atoms with Crippen molar-refractivity contribution in [2.24, 2.45) is 5.73 Å². The number of nitrogens with two attached hydrogens (primary N) is 1. The lowest BCUT2D eigenvalue weighted by atomic mass is 10.3. The van der Waals surface area contributed by atoms with Gasteiger partial charge in [0.1, 0.15) is 0 Å². The maximum atomic E-state index is 10.7. The van der Waals surface area contributed by atoms with E-state index in [-0.39, 0.29) is 5.57 Å². The van der Waals surface area contributed by atoms with Crippen LogP contribution in [0.3, 0.4) is 0 Å². The summed E-state index contributed by atoms with van der Waals surface area (Å²) in [6, 6.07) is 0. The van der Waals surface area contributed by atoms with Gasteiger partial charge in [0.25, 0.3) is 0 Å². The van der Waals surface area contributed by atoms with E-state index in [1.165, 1.54) is 6.92 Å². The first-order chi connectivity index (χ1) is 5.11. The molecule has 0 atom stereocenters. The van der Waals surface area contributed by atoms with Crippen molar-refractivity contribution in [2.45, 2.75) is 6.92 Å². The standard InChI is InChI=1S/C7H9NO3/c1-3-6(9)11-7(10)5(2)4-8/h3-4H,1,8H2,2H3. The van der Waals surface area contributed by atoms with E-state index in [0.29, 0.717) is 0 Å². The number of hydrogen-bond donors (Lipinski definition) is 1. The number of carbonyl (C=O) groups is 2. The van der Waals surface area contributed by atoms with Crippen molar-refractivity contribution in [3.63, 3.8) is 0 Å². The lowest BCUT2D eigenvalue weighted by Gasteiger charge is -1.97. The minimum Gasteiger partial charge on any atom is -0.404 e. The van der Waals surface area contributed by atoms with Gasteiger partial charge in [0.2, 0.25) is 0 Å². The van der Waals surface area contributed by atoms with Gasteiger partial charge in [-0.25, -0.2) is 9.59 Å². The zero-order valence-electron chi connectivity index (χ0n) is 6.16. The Morgan fingerprint density at radius 1 is 1.55 bits per heavy atom. The van der Waals surface area contributed by atoms with Gasteiger partial charge in [0, 0.05) is 12.3 Å². The van der Waals surface area contributed by atoms with Gasteiger partial charge in [0.05, 0.1) is 5.57 Å². The third-order valence-electron chi connectivity index (χ3n) is 0.932. The maximum absolute atomic E-state index is 10.7. The SMILES string of the molecule is C=CC(=O)OC(=O)C(C)=CN. The minimum atomic E-state index is -0.781. The van der Waals surface area contributed by atoms with Crippen molar-refractivity contribution in [2.75, 3.05) is 0 Å². The number of carbonyl (C=O) groups excluding carboxylic acids is 2. The van der Waals surface area contributed by atoms with Crippen LogP contribution in [0.1, 0.15) is 6.92 Å². The largest absolute Gasteiger partial charge is 0.404 e. The lowest BCUT2D eigenvalue weighted by Crippen LogP contribution is -2.11. The zero-order valence-corrected chi connectivity index (χ0v) is 6.16. The summed E-state index contributed by atoms with van der Waals surface area (Å²) in [5, 5.41) is 0. The molecule has 0 aliphatic rings. The van der Waals surface area contributed by atoms with E-state index >= 15 is 0 Å². The van der Waals surface area contributed by atoms with E-state index < -0.39 is 11.9 Å². The molecular formula is C7H9NO3. The van der Waals surface area contributed by atoms with Crippen molar-refractivity contribution in [3.8, 4) is 0 Å². The fourth-order valence-electron chi connectivity index (χ4n) is 0.282. The summed E-state index contributed by atoms with van der Waals surface area (Å²) in [4.78, 5) is 21.1. The van der Waals surface area contributed by atoms with Crippen molar-refractivity contribution in [1.29, 1.82) is 0 Å². The van der Waals surface area contributed by atoms with E-state index in [4.69, 9.17) is 5.73 Å². The molecule has 60 valence electrons. The van der Waals surface area contributed by atoms with Crippen molar-refractivity contribution >= 4 is 11.9 Å². The maximum Gasteiger partial charge on any atom is 0.343 e. The quantitative estimate of drug-likeness (QED) is 0.349. The molecule has 0 aliphatic carbocycles. The van der Waals surface area contributed by atoms with E-state index in [1.807, 2.05) is 0 Å². The Bertz CT molecular complexity index is 218. The van der Waals surface area contributed by atoms with Gasteiger partial charge in [-0.3, -0.25) is 0 Å². The molecule has 0 aromatic rings. The van der Waals surface area contributed by atoms with Crippen molar-refractivity contribution < 1.29 is 14.3 Å². The van der Waals surface area contributed by atoms with Crippen LogP contribution in [0.5, 0.6) is 0 Å². The first kappa shape index (κ1) is 9.42. The number of ether oxygens (including phenoxy) is 1. The van der Waals surface area contributed by atoms with E-state index in [1.54, 1.807) is 0 Å². The second kappa shape index (κ2) is 4.27. The highest BCUT2D eigenvalue weighted by Gasteiger charge is 2.07. The first-order valence-corrected chi connectivity index (χ1v) is 2.89. The van der Waals surface area contributed by atoms with E-state index in [0.717, 1.165) is 12.3 Å². The third-order valence-corrected chi connectivity index (χ3v) is 0.932. The molecule has 0 aromatic heterocycles. The van der Waals surface area contributed by atoms with Crippen molar-refractivity contribution in [3.05, 3.63) is 24.4 Å². The minimum absolute atomic E-state index is 0.181. The van der Waals surface area contributed by atoms with Crippen LogP contribution in [-0.2, 0) is 14.3 Å². The molecule has 0 bridgehead atoms. The second-order valence-corrected chi connectivity index (χ2v) is 1.76. The number of rotatable bonds is 2. The molecule has 0 heterocycles. The van der Waals surface area contributed by atoms with Crippen LogP contribution >= 0.6 is 0 Å². The van der Waals surface area contributed by atoms with Crippen LogP contribution in [0.15, 0.2) is 24.4 Å². The van der Waals surface area contributed by atoms with Crippen molar-refractivity contribution in [1.82, 2.24) is 0 Å². The molecule has 4 heteroatoms. The highest BCUT2D eigenvalue weighted by molar-refractivity contribution is 5.98. The molecule has 0 radical (unpaired) electrons. The molecule has 0 unspecified atom stereocenters. The molecule has 0 aliphatic heterocycles. The summed E-state index contributed by atoms with van der Waals surface area (Å²) in [5.74, 6) is -1.53. The third kappa shape index (κ3) is 3.20. The molecule has 11 heavy (non-hydrogen) atoms. The molecule has 0 aromatic carbocycles. The average Bonchev–Trinajstić information content (AvgIpc) is 2.02. The molecule has 4 nitrogen and oxygen atoms in total. The first-order valence-electron chi connectivity index (χ1n) is 2.89. The normalized spacial score (nSPS) is 10.5. The van der Waals surface area contributed by atoms with Gasteiger partial charge in [0.15, 0.2) is 0 Å². The van der Waals surface area contributed by atoms with Gasteiger partial charge in [-0.2, -0.15) is 0 Å². The molecule has 0 spiro atoms. The summed E-state index contributed by atoms with van der Waals surface area (Å²) in [7, 11) is 0. The Kier molecular flexibility index (Phi) is 3.66. The molecule has 0 amide bonds. The fraction of sp³-hybridized carbons (Fsp3) is 0.143. The van der Waals surface area contributed by atoms with Crippen LogP contribution in [0, 0.1) is 0 Å². The fourth-order valence-corrected chi connectivity index (χ4v) is 0.282. The van der Waals surface area contributed by atoms with Crippen LogP contribution in [0.25, 0.3) is 0 Å². The second-order valence-electron chi connectivity index (χ2n) is 1.76. The summed E-state index contributed by atoms with van der Waals surface area (Å²) < 4.78 is 4.21. The number of hydrogen-bond acceptors (Lipinski definition) is 4. The average molecular weight is 155 g/mol. The van der Waals surface area contributed by atoms with Crippen LogP contribution in [-0.4, -0.2) is 11.9 Å². The highest BCUT2D eigenvalue weighted by atomic mass is 16.6. The molecular weight excluding hydrogens is 146 g/mol. The monoisotopic (exact) mass is 155 g/mol. The topological polar surface area (TPSA) is 69.4 Å². The van der Waals surface area contributed by atoms with Crippen LogP contribution < -0.4 is 5.73 Å². The Balaban J connectivity index is 4.09. The van der Waals surface area contributed by atoms with E-state index in [2.05, 4.69) is 11.3 Å². The Morgan fingerprint density at radius 3 is 2.45 bits per heavy atom. The molecule has 2 N–H and O–H groups in total.